The Morgan fingerprint density at radius 1 is 1.03 bits per heavy atom. The lowest BCUT2D eigenvalue weighted by molar-refractivity contribution is -0.112. The lowest BCUT2D eigenvalue weighted by atomic mass is 10.1. The Morgan fingerprint density at radius 3 is 2.53 bits per heavy atom. The SMILES string of the molecule is Cc1ccc(NC(=O)/C(C#N)=C/c2cc(Br)cc(Br)c2OCc2cccc3ccccc23)cc1. The Hall–Kier alpha value is -3.40. The number of rotatable bonds is 6. The number of halogens is 2. The van der Waals surface area contributed by atoms with E-state index in [1.807, 2.05) is 61.5 Å². The molecule has 0 aliphatic heterocycles. The quantitative estimate of drug-likeness (QED) is 0.188. The Balaban J connectivity index is 1.63. The fourth-order valence-electron chi connectivity index (χ4n) is 3.55. The van der Waals surface area contributed by atoms with Crippen molar-refractivity contribution in [3.8, 4) is 11.8 Å². The van der Waals surface area contributed by atoms with E-state index >= 15 is 0 Å². The van der Waals surface area contributed by atoms with Gasteiger partial charge in [-0.25, -0.2) is 0 Å². The predicted octanol–water partition coefficient (Wildman–Crippen LogP) is 7.80. The highest BCUT2D eigenvalue weighted by Crippen LogP contribution is 2.35. The molecule has 0 aromatic heterocycles. The molecular weight excluding hydrogens is 556 g/mol. The summed E-state index contributed by atoms with van der Waals surface area (Å²) in [6.07, 6.45) is 1.54. The van der Waals surface area contributed by atoms with E-state index in [9.17, 15) is 10.1 Å². The lowest BCUT2D eigenvalue weighted by Crippen LogP contribution is -2.13. The van der Waals surface area contributed by atoms with Gasteiger partial charge in [-0.15, -0.1) is 0 Å². The monoisotopic (exact) mass is 574 g/mol. The number of nitrogens with one attached hydrogen (secondary N) is 1. The lowest BCUT2D eigenvalue weighted by Gasteiger charge is -2.14. The normalized spacial score (nSPS) is 11.2. The van der Waals surface area contributed by atoms with Crippen molar-refractivity contribution in [2.75, 3.05) is 5.32 Å². The van der Waals surface area contributed by atoms with Crippen LogP contribution in [0.5, 0.6) is 5.75 Å². The summed E-state index contributed by atoms with van der Waals surface area (Å²) in [7, 11) is 0. The van der Waals surface area contributed by atoms with E-state index in [4.69, 9.17) is 4.74 Å². The number of fused-ring (bicyclic) bond motifs is 1. The van der Waals surface area contributed by atoms with E-state index in [0.717, 1.165) is 26.4 Å². The molecule has 0 spiro atoms. The topological polar surface area (TPSA) is 62.1 Å². The molecular formula is C28H20Br2N2O2. The number of anilines is 1. The number of benzene rings is 4. The van der Waals surface area contributed by atoms with Crippen molar-refractivity contribution >= 4 is 60.3 Å². The van der Waals surface area contributed by atoms with Crippen LogP contribution in [0.4, 0.5) is 5.69 Å². The zero-order chi connectivity index (χ0) is 24.1. The molecule has 0 aliphatic rings. The molecule has 34 heavy (non-hydrogen) atoms. The van der Waals surface area contributed by atoms with Crippen molar-refractivity contribution in [1.29, 1.82) is 5.26 Å². The molecule has 0 saturated carbocycles. The van der Waals surface area contributed by atoms with Crippen molar-refractivity contribution in [3.63, 3.8) is 0 Å². The molecule has 0 heterocycles. The largest absolute Gasteiger partial charge is 0.487 e. The predicted molar refractivity (Wildman–Crippen MR) is 144 cm³/mol. The van der Waals surface area contributed by atoms with Crippen LogP contribution in [0.15, 0.2) is 93.4 Å². The van der Waals surface area contributed by atoms with Crippen LogP contribution in [0.3, 0.4) is 0 Å². The third-order valence-electron chi connectivity index (χ3n) is 5.26. The first-order valence-electron chi connectivity index (χ1n) is 10.5. The minimum atomic E-state index is -0.484. The summed E-state index contributed by atoms with van der Waals surface area (Å²) in [5.41, 5.74) is 3.33. The molecule has 4 aromatic carbocycles. The summed E-state index contributed by atoms with van der Waals surface area (Å²) in [6.45, 7) is 2.30. The summed E-state index contributed by atoms with van der Waals surface area (Å²) < 4.78 is 7.72. The molecule has 4 rings (SSSR count). The first kappa shape index (κ1) is 23.7. The van der Waals surface area contributed by atoms with Crippen molar-refractivity contribution in [1.82, 2.24) is 0 Å². The molecule has 0 saturated heterocycles. The number of carbonyl (C=O) groups excluding carboxylic acids is 1. The molecule has 168 valence electrons. The van der Waals surface area contributed by atoms with Crippen molar-refractivity contribution in [2.45, 2.75) is 13.5 Å². The number of carbonyl (C=O) groups is 1. The van der Waals surface area contributed by atoms with Crippen LogP contribution in [0.25, 0.3) is 16.8 Å². The molecule has 1 amide bonds. The van der Waals surface area contributed by atoms with Gasteiger partial charge in [-0.3, -0.25) is 4.79 Å². The number of nitrogens with zero attached hydrogens (tertiary/aromatic N) is 1. The summed E-state index contributed by atoms with van der Waals surface area (Å²) in [5, 5.41) is 14.7. The number of hydrogen-bond acceptors (Lipinski definition) is 3. The van der Waals surface area contributed by atoms with E-state index < -0.39 is 5.91 Å². The second-order valence-corrected chi connectivity index (χ2v) is 9.49. The summed E-state index contributed by atoms with van der Waals surface area (Å²) >= 11 is 7.05. The highest BCUT2D eigenvalue weighted by atomic mass is 79.9. The Morgan fingerprint density at radius 2 is 1.76 bits per heavy atom. The number of ether oxygens (including phenoxy) is 1. The zero-order valence-corrected chi connectivity index (χ0v) is 21.5. The van der Waals surface area contributed by atoms with Gasteiger partial charge in [0.25, 0.3) is 5.91 Å². The van der Waals surface area contributed by atoms with Gasteiger partial charge in [0, 0.05) is 15.7 Å². The molecule has 0 bridgehead atoms. The molecule has 0 unspecified atom stereocenters. The first-order valence-corrected chi connectivity index (χ1v) is 12.1. The van der Waals surface area contributed by atoms with Crippen LogP contribution >= 0.6 is 31.9 Å². The molecule has 0 aliphatic carbocycles. The maximum atomic E-state index is 12.8. The summed E-state index contributed by atoms with van der Waals surface area (Å²) in [4.78, 5) is 12.8. The number of aryl methyl sites for hydroxylation is 1. The van der Waals surface area contributed by atoms with Gasteiger partial charge in [-0.05, 0) is 69.5 Å². The highest BCUT2D eigenvalue weighted by Gasteiger charge is 2.15. The van der Waals surface area contributed by atoms with Gasteiger partial charge in [-0.2, -0.15) is 5.26 Å². The van der Waals surface area contributed by atoms with Gasteiger partial charge >= 0.3 is 0 Å². The minimum Gasteiger partial charge on any atom is -0.487 e. The summed E-state index contributed by atoms with van der Waals surface area (Å²) in [5.74, 6) is 0.0643. The Kier molecular flexibility index (Phi) is 7.46. The summed E-state index contributed by atoms with van der Waals surface area (Å²) in [6, 6.07) is 27.3. The third-order valence-corrected chi connectivity index (χ3v) is 6.31. The van der Waals surface area contributed by atoms with E-state index in [0.29, 0.717) is 28.1 Å². The second kappa shape index (κ2) is 10.7. The maximum Gasteiger partial charge on any atom is 0.266 e. The van der Waals surface area contributed by atoms with Crippen molar-refractivity contribution in [2.24, 2.45) is 0 Å². The standard InChI is InChI=1S/C28H20Br2N2O2/c1-18-9-11-24(12-10-18)32-28(33)22(16-31)13-21-14-23(29)15-26(30)27(21)34-17-20-7-4-6-19-5-2-3-8-25(19)20/h2-15H,17H2,1H3,(H,32,33)/b22-13+. The fraction of sp³-hybridized carbons (Fsp3) is 0.0714. The number of nitriles is 1. The molecule has 6 heteroatoms. The van der Waals surface area contributed by atoms with Crippen LogP contribution in [0.2, 0.25) is 0 Å². The fourth-order valence-corrected chi connectivity index (χ4v) is 4.92. The number of hydrogen-bond donors (Lipinski definition) is 1. The average Bonchev–Trinajstić information content (AvgIpc) is 2.83. The van der Waals surface area contributed by atoms with Gasteiger partial charge in [-0.1, -0.05) is 76.1 Å². The smallest absolute Gasteiger partial charge is 0.266 e. The van der Waals surface area contributed by atoms with Gasteiger partial charge in [0.2, 0.25) is 0 Å². The second-order valence-electron chi connectivity index (χ2n) is 7.72. The average molecular weight is 576 g/mol. The third kappa shape index (κ3) is 5.56. The van der Waals surface area contributed by atoms with E-state index in [-0.39, 0.29) is 5.57 Å². The molecule has 0 radical (unpaired) electrons. The molecule has 0 atom stereocenters. The molecule has 4 nitrogen and oxygen atoms in total. The van der Waals surface area contributed by atoms with Crippen LogP contribution in [0.1, 0.15) is 16.7 Å². The van der Waals surface area contributed by atoms with Gasteiger partial charge in [0.15, 0.2) is 0 Å². The van der Waals surface area contributed by atoms with Crippen LogP contribution in [0, 0.1) is 18.3 Å². The number of amides is 1. The van der Waals surface area contributed by atoms with Crippen LogP contribution in [-0.2, 0) is 11.4 Å². The maximum absolute atomic E-state index is 12.8. The van der Waals surface area contributed by atoms with Crippen LogP contribution in [-0.4, -0.2) is 5.91 Å². The Bertz CT molecular complexity index is 1430. The molecule has 0 fully saturated rings. The zero-order valence-electron chi connectivity index (χ0n) is 18.3. The van der Waals surface area contributed by atoms with Gasteiger partial charge in [0.05, 0.1) is 4.47 Å². The van der Waals surface area contributed by atoms with Crippen LogP contribution < -0.4 is 10.1 Å². The first-order chi connectivity index (χ1) is 16.4. The van der Waals surface area contributed by atoms with Gasteiger partial charge < -0.3 is 10.1 Å². The van der Waals surface area contributed by atoms with E-state index in [2.05, 4.69) is 55.4 Å². The van der Waals surface area contributed by atoms with E-state index in [1.165, 1.54) is 6.08 Å². The van der Waals surface area contributed by atoms with Gasteiger partial charge in [0.1, 0.15) is 24.0 Å². The highest BCUT2D eigenvalue weighted by molar-refractivity contribution is 9.11. The molecule has 1 N–H and O–H groups in total. The molecule has 4 aromatic rings. The Labute approximate surface area is 215 Å². The minimum absolute atomic E-state index is 0.0272. The van der Waals surface area contributed by atoms with Crippen molar-refractivity contribution < 1.29 is 9.53 Å². The van der Waals surface area contributed by atoms with Crippen molar-refractivity contribution in [3.05, 3.63) is 110 Å². The van der Waals surface area contributed by atoms with E-state index in [1.54, 1.807) is 12.1 Å².